The number of methoxy groups -OCH3 is 1. The van der Waals surface area contributed by atoms with Gasteiger partial charge in [0.05, 0.1) is 30.0 Å². The highest BCUT2D eigenvalue weighted by Crippen LogP contribution is 2.28. The lowest BCUT2D eigenvalue weighted by atomic mass is 10.2. The molecule has 1 amide bonds. The van der Waals surface area contributed by atoms with Crippen LogP contribution in [0.25, 0.3) is 0 Å². The number of hydrogen-bond acceptors (Lipinski definition) is 5. The molecule has 2 aromatic rings. The van der Waals surface area contributed by atoms with Gasteiger partial charge in [-0.05, 0) is 43.3 Å². The third kappa shape index (κ3) is 5.28. The van der Waals surface area contributed by atoms with Crippen molar-refractivity contribution in [2.45, 2.75) is 6.92 Å². The van der Waals surface area contributed by atoms with Gasteiger partial charge >= 0.3 is 5.97 Å². The van der Waals surface area contributed by atoms with Crippen LogP contribution in [0.5, 0.6) is 11.5 Å². The van der Waals surface area contributed by atoms with Crippen molar-refractivity contribution in [3.63, 3.8) is 0 Å². The van der Waals surface area contributed by atoms with E-state index < -0.39 is 18.5 Å². The number of ether oxygens (including phenoxy) is 3. The number of nitrogens with one attached hydrogen (secondary N) is 1. The predicted molar refractivity (Wildman–Crippen MR) is 99.5 cm³/mol. The number of esters is 1. The summed E-state index contributed by atoms with van der Waals surface area (Å²) in [5.41, 5.74) is 0.613. The Balaban J connectivity index is 1.96. The SMILES string of the molecule is CCOc1ccc(C(=O)OCC(=O)Nc2ccc(Cl)cc2Cl)cc1OC. The summed E-state index contributed by atoms with van der Waals surface area (Å²) in [5.74, 6) is -0.274. The maximum atomic E-state index is 12.1. The number of benzene rings is 2. The van der Waals surface area contributed by atoms with Crippen LogP contribution in [0.2, 0.25) is 10.0 Å². The van der Waals surface area contributed by atoms with Gasteiger partial charge in [-0.15, -0.1) is 0 Å². The number of hydrogen-bond donors (Lipinski definition) is 1. The first-order chi connectivity index (χ1) is 12.4. The smallest absolute Gasteiger partial charge is 0.338 e. The second-order valence-corrected chi connectivity index (χ2v) is 5.89. The molecule has 6 nitrogen and oxygen atoms in total. The summed E-state index contributed by atoms with van der Waals surface area (Å²) in [6.45, 7) is 1.84. The molecule has 0 heterocycles. The van der Waals surface area contributed by atoms with E-state index in [-0.39, 0.29) is 10.6 Å². The average Bonchev–Trinajstić information content (AvgIpc) is 2.62. The monoisotopic (exact) mass is 397 g/mol. The maximum absolute atomic E-state index is 12.1. The lowest BCUT2D eigenvalue weighted by Gasteiger charge is -2.11. The normalized spacial score (nSPS) is 10.2. The number of carbonyl (C=O) groups is 2. The van der Waals surface area contributed by atoms with Crippen molar-refractivity contribution < 1.29 is 23.8 Å². The van der Waals surface area contributed by atoms with Gasteiger partial charge < -0.3 is 19.5 Å². The average molecular weight is 398 g/mol. The molecule has 2 rings (SSSR count). The van der Waals surface area contributed by atoms with Gasteiger partial charge in [-0.1, -0.05) is 23.2 Å². The van der Waals surface area contributed by atoms with E-state index in [1.54, 1.807) is 18.2 Å². The Labute approximate surface area is 160 Å². The minimum Gasteiger partial charge on any atom is -0.493 e. The minimum atomic E-state index is -0.663. The Morgan fingerprint density at radius 1 is 1.08 bits per heavy atom. The van der Waals surface area contributed by atoms with Gasteiger partial charge in [0.15, 0.2) is 18.1 Å². The van der Waals surface area contributed by atoms with Gasteiger partial charge in [0.25, 0.3) is 5.91 Å². The number of halogens is 2. The Morgan fingerprint density at radius 3 is 2.50 bits per heavy atom. The summed E-state index contributed by atoms with van der Waals surface area (Å²) in [7, 11) is 1.47. The molecule has 0 radical (unpaired) electrons. The first-order valence-corrected chi connectivity index (χ1v) is 8.43. The molecule has 0 aromatic heterocycles. The molecule has 0 atom stereocenters. The lowest BCUT2D eigenvalue weighted by Crippen LogP contribution is -2.21. The number of rotatable bonds is 7. The molecule has 0 aliphatic rings. The van der Waals surface area contributed by atoms with Crippen LogP contribution in [0.3, 0.4) is 0 Å². The zero-order valence-corrected chi connectivity index (χ0v) is 15.7. The van der Waals surface area contributed by atoms with E-state index in [0.29, 0.717) is 28.8 Å². The predicted octanol–water partition coefficient (Wildman–Crippen LogP) is 4.20. The molecule has 1 N–H and O–H groups in total. The highest BCUT2D eigenvalue weighted by atomic mass is 35.5. The molecule has 0 unspecified atom stereocenters. The van der Waals surface area contributed by atoms with E-state index >= 15 is 0 Å². The molecular formula is C18H17Cl2NO5. The molecule has 26 heavy (non-hydrogen) atoms. The molecule has 0 aliphatic heterocycles. The molecule has 0 saturated carbocycles. The van der Waals surface area contributed by atoms with Gasteiger partial charge in [0, 0.05) is 5.02 Å². The van der Waals surface area contributed by atoms with E-state index in [9.17, 15) is 9.59 Å². The Morgan fingerprint density at radius 2 is 1.85 bits per heavy atom. The standard InChI is InChI=1S/C18H17Cl2NO5/c1-3-25-15-7-4-11(8-16(15)24-2)18(23)26-10-17(22)21-14-6-5-12(19)9-13(14)20/h4-9H,3,10H2,1-2H3,(H,21,22). The Kier molecular flexibility index (Phi) is 7.12. The van der Waals surface area contributed by atoms with E-state index in [2.05, 4.69) is 5.32 Å². The summed E-state index contributed by atoms with van der Waals surface area (Å²) in [6, 6.07) is 9.26. The topological polar surface area (TPSA) is 73.9 Å². The highest BCUT2D eigenvalue weighted by Gasteiger charge is 2.14. The molecule has 0 spiro atoms. The molecular weight excluding hydrogens is 381 g/mol. The number of anilines is 1. The zero-order valence-electron chi connectivity index (χ0n) is 14.2. The highest BCUT2D eigenvalue weighted by molar-refractivity contribution is 6.36. The van der Waals surface area contributed by atoms with Crippen LogP contribution in [0.4, 0.5) is 5.69 Å². The molecule has 0 bridgehead atoms. The molecule has 8 heteroatoms. The van der Waals surface area contributed by atoms with E-state index in [1.165, 1.54) is 25.3 Å². The number of carbonyl (C=O) groups excluding carboxylic acids is 2. The summed E-state index contributed by atoms with van der Waals surface area (Å²) < 4.78 is 15.6. The van der Waals surface area contributed by atoms with E-state index in [0.717, 1.165) is 0 Å². The van der Waals surface area contributed by atoms with Crippen molar-refractivity contribution >= 4 is 40.8 Å². The van der Waals surface area contributed by atoms with Crippen molar-refractivity contribution in [2.24, 2.45) is 0 Å². The fourth-order valence-corrected chi connectivity index (χ4v) is 2.52. The van der Waals surface area contributed by atoms with Crippen LogP contribution in [-0.4, -0.2) is 32.2 Å². The van der Waals surface area contributed by atoms with Gasteiger partial charge in [0.2, 0.25) is 0 Å². The summed E-state index contributed by atoms with van der Waals surface area (Å²) >= 11 is 11.8. The molecule has 138 valence electrons. The fraction of sp³-hybridized carbons (Fsp3) is 0.222. The van der Waals surface area contributed by atoms with Crippen molar-refractivity contribution in [3.05, 3.63) is 52.0 Å². The molecule has 0 saturated heterocycles. The second kappa shape index (κ2) is 9.31. The summed E-state index contributed by atoms with van der Waals surface area (Å²) in [6.07, 6.45) is 0. The molecule has 2 aromatic carbocycles. The van der Waals surface area contributed by atoms with Gasteiger partial charge in [-0.3, -0.25) is 4.79 Å². The van der Waals surface area contributed by atoms with E-state index in [4.69, 9.17) is 37.4 Å². The first-order valence-electron chi connectivity index (χ1n) is 7.67. The van der Waals surface area contributed by atoms with Gasteiger partial charge in [-0.2, -0.15) is 0 Å². The second-order valence-electron chi connectivity index (χ2n) is 5.05. The minimum absolute atomic E-state index is 0.239. The maximum Gasteiger partial charge on any atom is 0.338 e. The molecule has 0 aliphatic carbocycles. The lowest BCUT2D eigenvalue weighted by molar-refractivity contribution is -0.119. The molecule has 0 fully saturated rings. The van der Waals surface area contributed by atoms with Gasteiger partial charge in [-0.25, -0.2) is 4.79 Å². The number of amides is 1. The summed E-state index contributed by atoms with van der Waals surface area (Å²) in [4.78, 5) is 24.0. The van der Waals surface area contributed by atoms with Crippen LogP contribution >= 0.6 is 23.2 Å². The third-order valence-electron chi connectivity index (χ3n) is 3.24. The Bertz CT molecular complexity index is 810. The third-order valence-corrected chi connectivity index (χ3v) is 3.79. The van der Waals surface area contributed by atoms with Crippen molar-refractivity contribution in [1.29, 1.82) is 0 Å². The van der Waals surface area contributed by atoms with Crippen LogP contribution < -0.4 is 14.8 Å². The quantitative estimate of drug-likeness (QED) is 0.708. The first kappa shape index (κ1) is 19.9. The van der Waals surface area contributed by atoms with Gasteiger partial charge in [0.1, 0.15) is 0 Å². The largest absolute Gasteiger partial charge is 0.493 e. The van der Waals surface area contributed by atoms with Crippen LogP contribution in [0.1, 0.15) is 17.3 Å². The Hall–Kier alpha value is -2.44. The van der Waals surface area contributed by atoms with Crippen molar-refractivity contribution in [3.8, 4) is 11.5 Å². The van der Waals surface area contributed by atoms with Crippen molar-refractivity contribution in [2.75, 3.05) is 25.6 Å². The van der Waals surface area contributed by atoms with Crippen LogP contribution in [0, 0.1) is 0 Å². The summed E-state index contributed by atoms with van der Waals surface area (Å²) in [5, 5.41) is 3.27. The van der Waals surface area contributed by atoms with Crippen molar-refractivity contribution in [1.82, 2.24) is 0 Å². The zero-order chi connectivity index (χ0) is 19.1. The fourth-order valence-electron chi connectivity index (χ4n) is 2.06. The van der Waals surface area contributed by atoms with Crippen LogP contribution in [-0.2, 0) is 9.53 Å². The van der Waals surface area contributed by atoms with E-state index in [1.807, 2.05) is 6.92 Å². The van der Waals surface area contributed by atoms with Crippen LogP contribution in [0.15, 0.2) is 36.4 Å².